The number of aryl methyl sites for hydroxylation is 1. The number of benzene rings is 1. The average molecular weight is 297 g/mol. The Morgan fingerprint density at radius 3 is 2.80 bits per heavy atom. The van der Waals surface area contributed by atoms with Crippen LogP contribution in [0.25, 0.3) is 11.0 Å². The number of hydrogen-bond donors (Lipinski definition) is 0. The number of rotatable bonds is 9. The van der Waals surface area contributed by atoms with Crippen molar-refractivity contribution in [1.82, 2.24) is 9.55 Å². The van der Waals surface area contributed by atoms with Crippen LogP contribution >= 0.6 is 11.6 Å². The van der Waals surface area contributed by atoms with Gasteiger partial charge in [0, 0.05) is 20.3 Å². The van der Waals surface area contributed by atoms with Gasteiger partial charge in [0.2, 0.25) is 0 Å². The highest BCUT2D eigenvalue weighted by molar-refractivity contribution is 6.16. The summed E-state index contributed by atoms with van der Waals surface area (Å²) in [5, 5.41) is 0. The van der Waals surface area contributed by atoms with Crippen molar-refractivity contribution in [2.24, 2.45) is 0 Å². The first-order chi connectivity index (χ1) is 9.86. The number of hydrogen-bond acceptors (Lipinski definition) is 3. The second-order valence-electron chi connectivity index (χ2n) is 4.61. The lowest BCUT2D eigenvalue weighted by Crippen LogP contribution is -2.06. The number of halogens is 1. The Hall–Kier alpha value is -1.10. The van der Waals surface area contributed by atoms with E-state index >= 15 is 0 Å². The predicted molar refractivity (Wildman–Crippen MR) is 81.2 cm³/mol. The third kappa shape index (κ3) is 3.95. The molecule has 1 aromatic heterocycles. The van der Waals surface area contributed by atoms with E-state index in [1.54, 1.807) is 7.11 Å². The largest absolute Gasteiger partial charge is 0.382 e. The van der Waals surface area contributed by atoms with Gasteiger partial charge in [0.1, 0.15) is 5.82 Å². The number of para-hydroxylation sites is 2. The molecule has 0 bridgehead atoms. The number of ether oxygens (including phenoxy) is 2. The summed E-state index contributed by atoms with van der Waals surface area (Å²) in [7, 11) is 1.68. The van der Waals surface area contributed by atoms with Gasteiger partial charge in [-0.2, -0.15) is 0 Å². The van der Waals surface area contributed by atoms with Gasteiger partial charge in [-0.1, -0.05) is 12.1 Å². The van der Waals surface area contributed by atoms with E-state index in [2.05, 4.69) is 15.6 Å². The van der Waals surface area contributed by atoms with Gasteiger partial charge >= 0.3 is 0 Å². The summed E-state index contributed by atoms with van der Waals surface area (Å²) >= 11 is 5.98. The fraction of sp³-hybridized carbons (Fsp3) is 0.533. The number of methoxy groups -OCH3 is 1. The van der Waals surface area contributed by atoms with Crippen molar-refractivity contribution in [2.45, 2.75) is 25.3 Å². The summed E-state index contributed by atoms with van der Waals surface area (Å²) in [6.07, 6.45) is 2.08. The van der Waals surface area contributed by atoms with Crippen LogP contribution in [0.2, 0.25) is 0 Å². The zero-order chi connectivity index (χ0) is 14.2. The molecule has 1 aromatic carbocycles. The van der Waals surface area contributed by atoms with Crippen LogP contribution in [0.15, 0.2) is 24.3 Å². The summed E-state index contributed by atoms with van der Waals surface area (Å²) in [5.74, 6) is 1.38. The Kier molecular flexibility index (Phi) is 6.30. The summed E-state index contributed by atoms with van der Waals surface area (Å²) < 4.78 is 12.6. The molecule has 2 rings (SSSR count). The lowest BCUT2D eigenvalue weighted by atomic mass is 10.3. The van der Waals surface area contributed by atoms with Crippen molar-refractivity contribution in [1.29, 1.82) is 0 Å². The Morgan fingerprint density at radius 1 is 1.15 bits per heavy atom. The third-order valence-corrected chi connectivity index (χ3v) is 3.44. The fourth-order valence-corrected chi connectivity index (χ4v) is 2.40. The Balaban J connectivity index is 1.86. The smallest absolute Gasteiger partial charge is 0.124 e. The molecule has 0 spiro atoms. The van der Waals surface area contributed by atoms with E-state index in [1.165, 1.54) is 0 Å². The average Bonchev–Trinajstić information content (AvgIpc) is 2.84. The van der Waals surface area contributed by atoms with Crippen LogP contribution in [0.5, 0.6) is 0 Å². The van der Waals surface area contributed by atoms with Gasteiger partial charge in [0.15, 0.2) is 0 Å². The summed E-state index contributed by atoms with van der Waals surface area (Å²) in [5.41, 5.74) is 2.17. The van der Waals surface area contributed by atoms with Gasteiger partial charge < -0.3 is 14.0 Å². The molecular weight excluding hydrogens is 276 g/mol. The minimum Gasteiger partial charge on any atom is -0.382 e. The van der Waals surface area contributed by atoms with Crippen LogP contribution in [0.1, 0.15) is 18.7 Å². The highest BCUT2D eigenvalue weighted by atomic mass is 35.5. The Bertz CT molecular complexity index is 528. The Labute approximate surface area is 124 Å². The quantitative estimate of drug-likeness (QED) is 0.526. The molecule has 1 heterocycles. The first kappa shape index (κ1) is 15.3. The van der Waals surface area contributed by atoms with Crippen LogP contribution in [0.4, 0.5) is 0 Å². The molecule has 0 radical (unpaired) electrons. The number of fused-ring (bicyclic) bond motifs is 1. The second kappa shape index (κ2) is 8.25. The monoisotopic (exact) mass is 296 g/mol. The van der Waals surface area contributed by atoms with Gasteiger partial charge in [-0.25, -0.2) is 4.98 Å². The van der Waals surface area contributed by atoms with E-state index in [0.717, 1.165) is 42.9 Å². The summed E-state index contributed by atoms with van der Waals surface area (Å²) in [4.78, 5) is 4.55. The minimum atomic E-state index is 0.443. The van der Waals surface area contributed by atoms with Crippen LogP contribution in [0.3, 0.4) is 0 Å². The highest BCUT2D eigenvalue weighted by Gasteiger charge is 2.08. The number of nitrogens with zero attached hydrogens (tertiary/aromatic N) is 2. The minimum absolute atomic E-state index is 0.443. The van der Waals surface area contributed by atoms with Crippen LogP contribution in [-0.4, -0.2) is 36.5 Å². The lowest BCUT2D eigenvalue weighted by molar-refractivity contribution is 0.0684. The Morgan fingerprint density at radius 2 is 2.00 bits per heavy atom. The van der Waals surface area contributed by atoms with Crippen molar-refractivity contribution >= 4 is 22.6 Å². The number of alkyl halides is 1. The first-order valence-electron chi connectivity index (χ1n) is 6.93. The van der Waals surface area contributed by atoms with Crippen molar-refractivity contribution in [2.75, 3.05) is 26.9 Å². The molecule has 0 unspecified atom stereocenters. The first-order valence-corrected chi connectivity index (χ1v) is 7.47. The second-order valence-corrected chi connectivity index (χ2v) is 4.88. The molecule has 0 aliphatic rings. The predicted octanol–water partition coefficient (Wildman–Crippen LogP) is 3.22. The molecule has 0 amide bonds. The molecule has 0 saturated heterocycles. The number of imidazole rings is 1. The summed E-state index contributed by atoms with van der Waals surface area (Å²) in [6, 6.07) is 8.15. The van der Waals surface area contributed by atoms with E-state index < -0.39 is 0 Å². The molecular formula is C15H21ClN2O2. The van der Waals surface area contributed by atoms with Gasteiger partial charge in [0.25, 0.3) is 0 Å². The summed E-state index contributed by atoms with van der Waals surface area (Å²) in [6.45, 7) is 3.02. The van der Waals surface area contributed by atoms with Crippen molar-refractivity contribution in [3.63, 3.8) is 0 Å². The molecule has 20 heavy (non-hydrogen) atoms. The molecule has 110 valence electrons. The number of unbranched alkanes of at least 4 members (excludes halogenated alkanes) is 1. The van der Waals surface area contributed by atoms with E-state index in [9.17, 15) is 0 Å². The molecule has 0 N–H and O–H groups in total. The van der Waals surface area contributed by atoms with E-state index in [1.807, 2.05) is 18.2 Å². The van der Waals surface area contributed by atoms with Crippen molar-refractivity contribution in [3.8, 4) is 0 Å². The van der Waals surface area contributed by atoms with E-state index in [0.29, 0.717) is 19.1 Å². The molecule has 5 heteroatoms. The zero-order valence-electron chi connectivity index (χ0n) is 11.8. The topological polar surface area (TPSA) is 36.3 Å². The van der Waals surface area contributed by atoms with Crippen LogP contribution in [-0.2, 0) is 21.9 Å². The van der Waals surface area contributed by atoms with Crippen LogP contribution < -0.4 is 0 Å². The maximum Gasteiger partial charge on any atom is 0.124 e. The van der Waals surface area contributed by atoms with E-state index in [-0.39, 0.29) is 0 Å². The molecule has 0 atom stereocenters. The highest BCUT2D eigenvalue weighted by Crippen LogP contribution is 2.18. The van der Waals surface area contributed by atoms with Gasteiger partial charge in [0.05, 0.1) is 30.1 Å². The lowest BCUT2D eigenvalue weighted by Gasteiger charge is -2.08. The number of aromatic nitrogens is 2. The zero-order valence-corrected chi connectivity index (χ0v) is 12.6. The molecule has 0 aliphatic carbocycles. The standard InChI is InChI=1S/C15H21ClN2O2/c1-19-10-11-20-9-5-4-8-18-14-7-3-2-6-13(14)17-15(18)12-16/h2-3,6-7H,4-5,8-12H2,1H3. The van der Waals surface area contributed by atoms with Crippen molar-refractivity contribution in [3.05, 3.63) is 30.1 Å². The van der Waals surface area contributed by atoms with Crippen LogP contribution in [0, 0.1) is 0 Å². The van der Waals surface area contributed by atoms with Gasteiger partial charge in [-0.15, -0.1) is 11.6 Å². The van der Waals surface area contributed by atoms with E-state index in [4.69, 9.17) is 21.1 Å². The molecule has 0 aliphatic heterocycles. The van der Waals surface area contributed by atoms with Crippen molar-refractivity contribution < 1.29 is 9.47 Å². The normalized spacial score (nSPS) is 11.3. The fourth-order valence-electron chi connectivity index (χ4n) is 2.20. The molecule has 0 fully saturated rings. The van der Waals surface area contributed by atoms with Gasteiger partial charge in [-0.3, -0.25) is 0 Å². The maximum absolute atomic E-state index is 5.98. The molecule has 2 aromatic rings. The maximum atomic E-state index is 5.98. The molecule has 0 saturated carbocycles. The SMILES string of the molecule is COCCOCCCCn1c(CCl)nc2ccccc21. The third-order valence-electron chi connectivity index (χ3n) is 3.21. The molecule has 4 nitrogen and oxygen atoms in total. The van der Waals surface area contributed by atoms with Gasteiger partial charge in [-0.05, 0) is 25.0 Å².